The Morgan fingerprint density at radius 1 is 0.690 bits per heavy atom. The van der Waals surface area contributed by atoms with Crippen LogP contribution in [0, 0.1) is 0 Å². The number of rotatable bonds is 12. The molecule has 0 spiro atoms. The summed E-state index contributed by atoms with van der Waals surface area (Å²) in [5.74, 6) is -1.40. The van der Waals surface area contributed by atoms with Crippen LogP contribution in [0.3, 0.4) is 0 Å². The molecule has 0 saturated heterocycles. The van der Waals surface area contributed by atoms with Crippen LogP contribution in [0.15, 0.2) is 91.0 Å². The molecule has 0 bridgehead atoms. The van der Waals surface area contributed by atoms with Gasteiger partial charge in [-0.3, -0.25) is 9.59 Å². The van der Waals surface area contributed by atoms with Crippen molar-refractivity contribution in [2.45, 2.75) is 58.1 Å². The number of carbonyl (C=O) groups is 4. The van der Waals surface area contributed by atoms with E-state index < -0.39 is 48.2 Å². The molecule has 222 valence electrons. The third-order valence-electron chi connectivity index (χ3n) is 5.71. The molecule has 2 unspecified atom stereocenters. The van der Waals surface area contributed by atoms with E-state index in [0.717, 1.165) is 11.1 Å². The van der Waals surface area contributed by atoms with E-state index in [1.165, 1.54) is 0 Å². The van der Waals surface area contributed by atoms with E-state index in [1.54, 1.807) is 63.2 Å². The number of hydrogen-bond donors (Lipinski definition) is 2. The van der Waals surface area contributed by atoms with E-state index in [0.29, 0.717) is 5.56 Å². The summed E-state index contributed by atoms with van der Waals surface area (Å²) in [4.78, 5) is 50.9. The van der Waals surface area contributed by atoms with Crippen LogP contribution < -0.4 is 10.6 Å². The largest absolute Gasteiger partial charge is 0.508 e. The van der Waals surface area contributed by atoms with Crippen molar-refractivity contribution in [1.82, 2.24) is 10.6 Å². The molecule has 2 atom stereocenters. The summed E-state index contributed by atoms with van der Waals surface area (Å²) >= 11 is 0. The third kappa shape index (κ3) is 11.7. The number of amides is 2. The molecule has 42 heavy (non-hydrogen) atoms. The lowest BCUT2D eigenvalue weighted by atomic mass is 10.1. The van der Waals surface area contributed by atoms with Gasteiger partial charge in [-0.2, -0.15) is 0 Å². The number of carbonyl (C=O) groups excluding carboxylic acids is 4. The fourth-order valence-electron chi connectivity index (χ4n) is 3.71. The predicted molar refractivity (Wildman–Crippen MR) is 154 cm³/mol. The van der Waals surface area contributed by atoms with Crippen LogP contribution in [0.2, 0.25) is 0 Å². The van der Waals surface area contributed by atoms with Crippen molar-refractivity contribution in [2.75, 3.05) is 6.61 Å². The Hall–Kier alpha value is -4.86. The summed E-state index contributed by atoms with van der Waals surface area (Å²) in [5.41, 5.74) is 1.36. The van der Waals surface area contributed by atoms with Crippen molar-refractivity contribution in [2.24, 2.45) is 0 Å². The maximum Gasteiger partial charge on any atom is 0.508 e. The van der Waals surface area contributed by atoms with E-state index >= 15 is 0 Å². The van der Waals surface area contributed by atoms with Gasteiger partial charge in [-0.25, -0.2) is 9.59 Å². The zero-order valence-electron chi connectivity index (χ0n) is 23.9. The Balaban J connectivity index is 1.67. The minimum Gasteiger partial charge on any atom is -0.461 e. The van der Waals surface area contributed by atoms with Gasteiger partial charge in [0.2, 0.25) is 5.91 Å². The molecule has 0 fully saturated rings. The quantitative estimate of drug-likeness (QED) is 0.222. The van der Waals surface area contributed by atoms with Crippen LogP contribution in [0.5, 0.6) is 0 Å². The van der Waals surface area contributed by atoms with Crippen molar-refractivity contribution in [1.29, 1.82) is 0 Å². The number of nitrogens with one attached hydrogen (secondary N) is 2. The fourth-order valence-corrected chi connectivity index (χ4v) is 3.71. The average Bonchev–Trinajstić information content (AvgIpc) is 2.97. The maximum atomic E-state index is 13.4. The van der Waals surface area contributed by atoms with Crippen molar-refractivity contribution in [3.8, 4) is 0 Å². The van der Waals surface area contributed by atoms with E-state index in [4.69, 9.17) is 18.9 Å². The van der Waals surface area contributed by atoms with Gasteiger partial charge in [0.05, 0.1) is 12.5 Å². The molecule has 2 amide bonds. The molecule has 3 aromatic rings. The predicted octanol–water partition coefficient (Wildman–Crippen LogP) is 5.22. The highest BCUT2D eigenvalue weighted by molar-refractivity contribution is 5.90. The van der Waals surface area contributed by atoms with Crippen molar-refractivity contribution in [3.63, 3.8) is 0 Å². The minimum atomic E-state index is -1.33. The molecule has 3 rings (SSSR count). The first-order chi connectivity index (χ1) is 20.1. The van der Waals surface area contributed by atoms with Crippen LogP contribution in [0.4, 0.5) is 9.59 Å². The van der Waals surface area contributed by atoms with Crippen LogP contribution >= 0.6 is 0 Å². The van der Waals surface area contributed by atoms with Gasteiger partial charge in [0.15, 0.2) is 0 Å². The lowest BCUT2D eigenvalue weighted by Crippen LogP contribution is -2.50. The number of benzene rings is 3. The summed E-state index contributed by atoms with van der Waals surface area (Å²) in [5, 5.41) is 5.22. The van der Waals surface area contributed by atoms with E-state index in [9.17, 15) is 19.2 Å². The molecule has 0 aliphatic rings. The second-order valence-corrected chi connectivity index (χ2v) is 10.4. The Kier molecular flexibility index (Phi) is 11.9. The SMILES string of the molecule is CC(C)(C)OC(=O)NC(CC(=O)OCc1ccccc1)C(=O)NC(COC(=O)OCc1ccccc1)c1ccccc1. The highest BCUT2D eigenvalue weighted by Crippen LogP contribution is 2.15. The molecular weight excluding hydrogens is 540 g/mol. The Morgan fingerprint density at radius 3 is 1.76 bits per heavy atom. The average molecular weight is 577 g/mol. The summed E-state index contributed by atoms with van der Waals surface area (Å²) in [6.45, 7) is 4.79. The summed E-state index contributed by atoms with van der Waals surface area (Å²) in [6, 6.07) is 24.8. The molecule has 0 aromatic heterocycles. The first-order valence-corrected chi connectivity index (χ1v) is 13.5. The van der Waals surface area contributed by atoms with Crippen LogP contribution in [0.25, 0.3) is 0 Å². The first kappa shape index (κ1) is 31.7. The van der Waals surface area contributed by atoms with Gasteiger partial charge in [0, 0.05) is 0 Å². The second-order valence-electron chi connectivity index (χ2n) is 10.4. The van der Waals surface area contributed by atoms with Crippen molar-refractivity contribution in [3.05, 3.63) is 108 Å². The van der Waals surface area contributed by atoms with Gasteiger partial charge in [0.1, 0.15) is 31.5 Å². The van der Waals surface area contributed by atoms with Gasteiger partial charge in [-0.15, -0.1) is 0 Å². The smallest absolute Gasteiger partial charge is 0.461 e. The van der Waals surface area contributed by atoms with Gasteiger partial charge in [-0.05, 0) is 37.5 Å². The first-order valence-electron chi connectivity index (χ1n) is 13.5. The van der Waals surface area contributed by atoms with Crippen molar-refractivity contribution >= 4 is 24.1 Å². The minimum absolute atomic E-state index is 0.00598. The number of alkyl carbamates (subject to hydrolysis) is 1. The van der Waals surface area contributed by atoms with Gasteiger partial charge >= 0.3 is 18.2 Å². The van der Waals surface area contributed by atoms with Crippen LogP contribution in [-0.4, -0.2) is 42.4 Å². The molecule has 3 aromatic carbocycles. The van der Waals surface area contributed by atoms with Gasteiger partial charge in [0.25, 0.3) is 0 Å². The molecule has 0 aliphatic heterocycles. The number of ether oxygens (including phenoxy) is 4. The van der Waals surface area contributed by atoms with E-state index in [2.05, 4.69) is 10.6 Å². The molecule has 0 saturated carbocycles. The second kappa shape index (κ2) is 15.8. The van der Waals surface area contributed by atoms with E-state index in [1.807, 2.05) is 48.5 Å². The normalized spacial score (nSPS) is 12.3. The topological polar surface area (TPSA) is 129 Å². The zero-order chi connectivity index (χ0) is 30.4. The van der Waals surface area contributed by atoms with Gasteiger partial charge < -0.3 is 29.6 Å². The van der Waals surface area contributed by atoms with Gasteiger partial charge in [-0.1, -0.05) is 91.0 Å². The zero-order valence-corrected chi connectivity index (χ0v) is 23.9. The number of esters is 1. The molecule has 10 nitrogen and oxygen atoms in total. The summed E-state index contributed by atoms with van der Waals surface area (Å²) in [6.07, 6.45) is -2.25. The Morgan fingerprint density at radius 2 is 1.21 bits per heavy atom. The highest BCUT2D eigenvalue weighted by atomic mass is 16.7. The highest BCUT2D eigenvalue weighted by Gasteiger charge is 2.29. The molecule has 0 radical (unpaired) electrons. The Labute approximate surface area is 245 Å². The fraction of sp³-hybridized carbons (Fsp3) is 0.312. The van der Waals surface area contributed by atoms with Crippen molar-refractivity contribution < 1.29 is 38.1 Å². The Bertz CT molecular complexity index is 1290. The summed E-state index contributed by atoms with van der Waals surface area (Å²) in [7, 11) is 0. The van der Waals surface area contributed by atoms with Crippen LogP contribution in [-0.2, 0) is 41.8 Å². The molecule has 2 N–H and O–H groups in total. The monoisotopic (exact) mass is 576 g/mol. The maximum absolute atomic E-state index is 13.4. The molecule has 10 heteroatoms. The van der Waals surface area contributed by atoms with E-state index in [-0.39, 0.29) is 19.8 Å². The molecule has 0 heterocycles. The lowest BCUT2D eigenvalue weighted by Gasteiger charge is -2.25. The number of hydrogen-bond acceptors (Lipinski definition) is 8. The molecular formula is C32H36N2O8. The summed E-state index contributed by atoms with van der Waals surface area (Å²) < 4.78 is 21.1. The third-order valence-corrected chi connectivity index (χ3v) is 5.71. The molecule has 0 aliphatic carbocycles. The lowest BCUT2D eigenvalue weighted by molar-refractivity contribution is -0.147. The standard InChI is InChI=1S/C32H36N2O8/c1-32(2,3)42-30(37)34-26(19-28(35)39-20-23-13-7-4-8-14-23)29(36)33-27(25-17-11-6-12-18-25)22-41-31(38)40-21-24-15-9-5-10-16-24/h4-18,26-27H,19-22H2,1-3H3,(H,33,36)(H,34,37). The van der Waals surface area contributed by atoms with Crippen LogP contribution in [0.1, 0.15) is 49.9 Å².